The molecule has 0 radical (unpaired) electrons. The van der Waals surface area contributed by atoms with E-state index in [9.17, 15) is 0 Å². The van der Waals surface area contributed by atoms with Crippen molar-refractivity contribution in [2.24, 2.45) is 0 Å². The summed E-state index contributed by atoms with van der Waals surface area (Å²) in [4.78, 5) is 9.37. The van der Waals surface area contributed by atoms with Gasteiger partial charge in [0.1, 0.15) is 0 Å². The van der Waals surface area contributed by atoms with Crippen LogP contribution in [0.25, 0.3) is 21.8 Å². The number of hydrogen-bond acceptors (Lipinski definition) is 2. The molecule has 0 aliphatic heterocycles. The highest BCUT2D eigenvalue weighted by Gasteiger charge is 2.09. The molecule has 1 aromatic carbocycles. The maximum Gasteiger partial charge on any atom is 0.0970 e. The van der Waals surface area contributed by atoms with Crippen LogP contribution in [0.3, 0.4) is 0 Å². The summed E-state index contributed by atoms with van der Waals surface area (Å²) in [6.45, 7) is 8.33. The van der Waals surface area contributed by atoms with Crippen molar-refractivity contribution >= 4 is 21.8 Å². The average Bonchev–Trinajstić information content (AvgIpc) is 2.31. The first-order valence-electron chi connectivity index (χ1n) is 6.21. The minimum absolute atomic E-state index is 1.02. The third-order valence-electron chi connectivity index (χ3n) is 3.44. The molecule has 0 spiro atoms. The maximum atomic E-state index is 4.68. The van der Waals surface area contributed by atoms with Crippen molar-refractivity contribution < 1.29 is 0 Å². The van der Waals surface area contributed by atoms with Gasteiger partial charge in [-0.15, -0.1) is 0 Å². The Morgan fingerprint density at radius 1 is 0.667 bits per heavy atom. The number of hydrogen-bond donors (Lipinski definition) is 0. The van der Waals surface area contributed by atoms with Crippen molar-refractivity contribution in [1.82, 2.24) is 9.97 Å². The van der Waals surface area contributed by atoms with Crippen LogP contribution in [-0.2, 0) is 0 Å². The van der Waals surface area contributed by atoms with Crippen LogP contribution in [0.1, 0.15) is 22.5 Å². The predicted octanol–water partition coefficient (Wildman–Crippen LogP) is 4.02. The molecule has 0 saturated heterocycles. The van der Waals surface area contributed by atoms with E-state index in [4.69, 9.17) is 0 Å². The molecule has 0 aliphatic rings. The van der Waals surface area contributed by atoms with E-state index in [0.29, 0.717) is 0 Å². The minimum Gasteiger partial charge on any atom is -0.251 e. The van der Waals surface area contributed by atoms with Gasteiger partial charge in [0.05, 0.1) is 11.0 Å². The van der Waals surface area contributed by atoms with E-state index in [2.05, 4.69) is 48.1 Å². The quantitative estimate of drug-likeness (QED) is 0.551. The number of pyridine rings is 2. The second-order valence-electron chi connectivity index (χ2n) is 5.02. The summed E-state index contributed by atoms with van der Waals surface area (Å²) in [5.41, 5.74) is 6.67. The number of aromatic nitrogens is 2. The van der Waals surface area contributed by atoms with Crippen molar-refractivity contribution in [1.29, 1.82) is 0 Å². The SMILES string of the molecule is Cc1ccc2c(C)cc3c(C)cc(C)nc3c2n1. The van der Waals surface area contributed by atoms with Crippen LogP contribution >= 0.6 is 0 Å². The van der Waals surface area contributed by atoms with Gasteiger partial charge in [-0.1, -0.05) is 6.07 Å². The van der Waals surface area contributed by atoms with E-state index in [0.717, 1.165) is 22.4 Å². The van der Waals surface area contributed by atoms with Gasteiger partial charge >= 0.3 is 0 Å². The van der Waals surface area contributed by atoms with E-state index in [-0.39, 0.29) is 0 Å². The highest BCUT2D eigenvalue weighted by atomic mass is 14.8. The molecule has 18 heavy (non-hydrogen) atoms. The maximum absolute atomic E-state index is 4.68. The zero-order valence-electron chi connectivity index (χ0n) is 11.2. The van der Waals surface area contributed by atoms with Gasteiger partial charge in [-0.3, -0.25) is 9.97 Å². The number of nitrogens with zero attached hydrogens (tertiary/aromatic N) is 2. The van der Waals surface area contributed by atoms with Gasteiger partial charge in [0.25, 0.3) is 0 Å². The molecule has 2 heteroatoms. The lowest BCUT2D eigenvalue weighted by molar-refractivity contribution is 1.21. The molecule has 3 rings (SSSR count). The summed E-state index contributed by atoms with van der Waals surface area (Å²) in [5.74, 6) is 0. The molecule has 2 nitrogen and oxygen atoms in total. The summed E-state index contributed by atoms with van der Waals surface area (Å²) in [6.07, 6.45) is 0. The first-order chi connectivity index (χ1) is 8.56. The number of aryl methyl sites for hydroxylation is 4. The number of benzene rings is 1. The van der Waals surface area contributed by atoms with Crippen LogP contribution in [0.5, 0.6) is 0 Å². The summed E-state index contributed by atoms with van der Waals surface area (Å²) in [6, 6.07) is 8.55. The molecule has 0 amide bonds. The van der Waals surface area contributed by atoms with Crippen LogP contribution in [0, 0.1) is 27.7 Å². The Morgan fingerprint density at radius 2 is 1.28 bits per heavy atom. The third kappa shape index (κ3) is 1.57. The fraction of sp³-hybridized carbons (Fsp3) is 0.250. The Bertz CT molecular complexity index is 768. The second-order valence-corrected chi connectivity index (χ2v) is 5.02. The van der Waals surface area contributed by atoms with Crippen LogP contribution < -0.4 is 0 Å². The van der Waals surface area contributed by atoms with Gasteiger partial charge in [0, 0.05) is 22.2 Å². The predicted molar refractivity (Wildman–Crippen MR) is 76.0 cm³/mol. The van der Waals surface area contributed by atoms with Gasteiger partial charge in [0.15, 0.2) is 0 Å². The topological polar surface area (TPSA) is 25.8 Å². The zero-order chi connectivity index (χ0) is 12.9. The molecule has 0 bridgehead atoms. The zero-order valence-corrected chi connectivity index (χ0v) is 11.2. The Morgan fingerprint density at radius 3 is 2.06 bits per heavy atom. The lowest BCUT2D eigenvalue weighted by atomic mass is 10.0. The lowest BCUT2D eigenvalue weighted by Crippen LogP contribution is -1.93. The smallest absolute Gasteiger partial charge is 0.0970 e. The molecular weight excluding hydrogens is 220 g/mol. The summed E-state index contributed by atoms with van der Waals surface area (Å²) >= 11 is 0. The Hall–Kier alpha value is -1.96. The van der Waals surface area contributed by atoms with E-state index in [1.165, 1.54) is 21.9 Å². The molecule has 0 fully saturated rings. The molecule has 0 unspecified atom stereocenters. The molecule has 0 aliphatic carbocycles. The molecule has 2 aromatic heterocycles. The fourth-order valence-electron chi connectivity index (χ4n) is 2.56. The van der Waals surface area contributed by atoms with E-state index in [1.807, 2.05) is 13.8 Å². The van der Waals surface area contributed by atoms with E-state index in [1.54, 1.807) is 0 Å². The van der Waals surface area contributed by atoms with Gasteiger partial charge < -0.3 is 0 Å². The summed E-state index contributed by atoms with van der Waals surface area (Å²) < 4.78 is 0. The van der Waals surface area contributed by atoms with Gasteiger partial charge in [-0.05, 0) is 57.0 Å². The molecule has 90 valence electrons. The third-order valence-corrected chi connectivity index (χ3v) is 3.44. The van der Waals surface area contributed by atoms with Crippen molar-refractivity contribution in [3.8, 4) is 0 Å². The van der Waals surface area contributed by atoms with E-state index < -0.39 is 0 Å². The van der Waals surface area contributed by atoms with Crippen molar-refractivity contribution in [2.45, 2.75) is 27.7 Å². The van der Waals surface area contributed by atoms with E-state index >= 15 is 0 Å². The highest BCUT2D eigenvalue weighted by Crippen LogP contribution is 2.28. The van der Waals surface area contributed by atoms with Gasteiger partial charge in [0.2, 0.25) is 0 Å². The largest absolute Gasteiger partial charge is 0.251 e. The van der Waals surface area contributed by atoms with Crippen molar-refractivity contribution in [3.63, 3.8) is 0 Å². The minimum atomic E-state index is 1.02. The molecule has 2 heterocycles. The Balaban J connectivity index is 2.62. The van der Waals surface area contributed by atoms with Gasteiger partial charge in [-0.25, -0.2) is 0 Å². The normalized spacial score (nSPS) is 11.3. The summed E-state index contributed by atoms with van der Waals surface area (Å²) in [5, 5.41) is 2.41. The molecular formula is C16H16N2. The standard InChI is InChI=1S/C16H16N2/c1-9-7-12(4)18-16-14(9)8-10(2)13-6-5-11(3)17-15(13)16/h5-8H,1-4H3. The number of fused-ring (bicyclic) bond motifs is 3. The molecule has 0 saturated carbocycles. The molecule has 3 aromatic rings. The fourth-order valence-corrected chi connectivity index (χ4v) is 2.56. The monoisotopic (exact) mass is 236 g/mol. The average molecular weight is 236 g/mol. The number of rotatable bonds is 0. The molecule has 0 atom stereocenters. The first kappa shape index (κ1) is 11.1. The Labute approximate surface area is 107 Å². The summed E-state index contributed by atoms with van der Waals surface area (Å²) in [7, 11) is 0. The van der Waals surface area contributed by atoms with Crippen LogP contribution in [0.15, 0.2) is 24.3 Å². The highest BCUT2D eigenvalue weighted by molar-refractivity contribution is 6.05. The first-order valence-corrected chi connectivity index (χ1v) is 6.21. The second kappa shape index (κ2) is 3.77. The Kier molecular flexibility index (Phi) is 2.34. The van der Waals surface area contributed by atoms with Crippen LogP contribution in [-0.4, -0.2) is 9.97 Å². The molecule has 0 N–H and O–H groups in total. The van der Waals surface area contributed by atoms with Gasteiger partial charge in [-0.2, -0.15) is 0 Å². The van der Waals surface area contributed by atoms with Crippen molar-refractivity contribution in [3.05, 3.63) is 46.8 Å². The van der Waals surface area contributed by atoms with Crippen molar-refractivity contribution in [2.75, 3.05) is 0 Å². The lowest BCUT2D eigenvalue weighted by Gasteiger charge is -2.09. The van der Waals surface area contributed by atoms with Crippen LogP contribution in [0.4, 0.5) is 0 Å². The van der Waals surface area contributed by atoms with Crippen LogP contribution in [0.2, 0.25) is 0 Å².